The third kappa shape index (κ3) is 3.00. The molecule has 4 saturated carbocycles. The molecule has 0 aromatic rings. The van der Waals surface area contributed by atoms with E-state index in [0.29, 0.717) is 5.41 Å². The van der Waals surface area contributed by atoms with Gasteiger partial charge in [-0.25, -0.2) is 0 Å². The lowest BCUT2D eigenvalue weighted by Gasteiger charge is -2.53. The maximum Gasteiger partial charge on any atom is 0.0916 e. The van der Waals surface area contributed by atoms with Gasteiger partial charge >= 0.3 is 0 Å². The van der Waals surface area contributed by atoms with E-state index in [1.807, 2.05) is 0 Å². The van der Waals surface area contributed by atoms with Gasteiger partial charge in [0.2, 0.25) is 0 Å². The average Bonchev–Trinajstić information content (AvgIpc) is 2.24. The van der Waals surface area contributed by atoms with Crippen LogP contribution in [0.2, 0.25) is 0 Å². The van der Waals surface area contributed by atoms with Crippen molar-refractivity contribution in [3.63, 3.8) is 0 Å². The van der Waals surface area contributed by atoms with Crippen molar-refractivity contribution in [1.29, 1.82) is 0 Å². The predicted octanol–water partition coefficient (Wildman–Crippen LogP) is 0.545. The first-order valence-corrected chi connectivity index (χ1v) is 8.55. The molecular weight excluding hydrogens is 232 g/mol. The molecule has 2 nitrogen and oxygen atoms in total. The molecule has 0 aromatic heterocycles. The van der Waals surface area contributed by atoms with Gasteiger partial charge in [-0.05, 0) is 57.8 Å². The smallest absolute Gasteiger partial charge is 0.0916 e. The monoisotopic (exact) mass is 266 g/mol. The Kier molecular flexibility index (Phi) is 3.68. The third-order valence-corrected chi connectivity index (χ3v) is 6.07. The van der Waals surface area contributed by atoms with Crippen molar-refractivity contribution >= 4 is 0 Å². The van der Waals surface area contributed by atoms with Crippen LogP contribution in [0.1, 0.15) is 46.0 Å². The minimum Gasteiger partial charge on any atom is -0.343 e. The van der Waals surface area contributed by atoms with E-state index < -0.39 is 0 Å². The zero-order chi connectivity index (χ0) is 13.6. The van der Waals surface area contributed by atoms with Crippen molar-refractivity contribution in [3.8, 4) is 0 Å². The first kappa shape index (κ1) is 13.9. The summed E-state index contributed by atoms with van der Waals surface area (Å²) < 4.78 is 0. The first-order valence-electron chi connectivity index (χ1n) is 8.55. The molecule has 0 radical (unpaired) electrons. The topological polar surface area (TPSA) is 21.1 Å². The van der Waals surface area contributed by atoms with Crippen molar-refractivity contribution < 1.29 is 10.2 Å². The summed E-state index contributed by atoms with van der Waals surface area (Å²) in [5.41, 5.74) is 0.480. The number of hydrogen-bond acceptors (Lipinski definition) is 0. The van der Waals surface area contributed by atoms with Gasteiger partial charge < -0.3 is 10.2 Å². The van der Waals surface area contributed by atoms with Gasteiger partial charge in [0.05, 0.1) is 38.6 Å². The summed E-state index contributed by atoms with van der Waals surface area (Å²) in [6, 6.07) is 0.976. The van der Waals surface area contributed by atoms with Crippen LogP contribution in [0.5, 0.6) is 0 Å². The standard InChI is InChI=1S/C17H32N2/c1-17(2,11-19(3)4)10-18-16-14-6-12-5-13(8-14)9-15(16)7-12/h12-16,18H,5-11H2,1-4H3/p+2. The fraction of sp³-hybridized carbons (Fsp3) is 1.00. The summed E-state index contributed by atoms with van der Waals surface area (Å²) in [5, 5.41) is 2.76. The number of quaternary nitrogens is 2. The van der Waals surface area contributed by atoms with Crippen LogP contribution in [0.3, 0.4) is 0 Å². The molecule has 4 fully saturated rings. The Morgan fingerprint density at radius 3 is 1.95 bits per heavy atom. The van der Waals surface area contributed by atoms with E-state index in [9.17, 15) is 0 Å². The molecule has 4 aliphatic carbocycles. The molecule has 19 heavy (non-hydrogen) atoms. The molecule has 0 heterocycles. The van der Waals surface area contributed by atoms with Crippen LogP contribution in [0.25, 0.3) is 0 Å². The molecule has 0 atom stereocenters. The second-order valence-electron chi connectivity index (χ2n) is 9.00. The molecule has 110 valence electrons. The minimum atomic E-state index is 0.480. The maximum atomic E-state index is 2.76. The Morgan fingerprint density at radius 1 is 0.947 bits per heavy atom. The Bertz CT molecular complexity index is 293. The van der Waals surface area contributed by atoms with E-state index in [1.165, 1.54) is 13.1 Å². The fourth-order valence-corrected chi connectivity index (χ4v) is 5.84. The lowest BCUT2D eigenvalue weighted by atomic mass is 9.54. The van der Waals surface area contributed by atoms with Gasteiger partial charge in [0.25, 0.3) is 0 Å². The van der Waals surface area contributed by atoms with Crippen LogP contribution in [0, 0.1) is 29.1 Å². The maximum absolute atomic E-state index is 2.76. The van der Waals surface area contributed by atoms with E-state index in [0.717, 1.165) is 29.7 Å². The van der Waals surface area contributed by atoms with Crippen LogP contribution in [0.15, 0.2) is 0 Å². The van der Waals surface area contributed by atoms with Crippen LogP contribution in [-0.4, -0.2) is 33.2 Å². The van der Waals surface area contributed by atoms with E-state index in [1.54, 1.807) is 37.0 Å². The largest absolute Gasteiger partial charge is 0.343 e. The second-order valence-corrected chi connectivity index (χ2v) is 9.00. The minimum absolute atomic E-state index is 0.480. The summed E-state index contributed by atoms with van der Waals surface area (Å²) in [5.74, 6) is 4.37. The zero-order valence-electron chi connectivity index (χ0n) is 13.4. The Balaban J connectivity index is 1.56. The van der Waals surface area contributed by atoms with Crippen LogP contribution >= 0.6 is 0 Å². The van der Waals surface area contributed by atoms with Crippen LogP contribution < -0.4 is 10.2 Å². The zero-order valence-corrected chi connectivity index (χ0v) is 13.4. The van der Waals surface area contributed by atoms with Gasteiger partial charge in [0.1, 0.15) is 0 Å². The summed E-state index contributed by atoms with van der Waals surface area (Å²) >= 11 is 0. The van der Waals surface area contributed by atoms with E-state index in [-0.39, 0.29) is 0 Å². The van der Waals surface area contributed by atoms with Crippen molar-refractivity contribution in [2.24, 2.45) is 29.1 Å². The molecule has 4 aliphatic rings. The van der Waals surface area contributed by atoms with Crippen LogP contribution in [-0.2, 0) is 0 Å². The number of nitrogens with one attached hydrogen (secondary N) is 1. The van der Waals surface area contributed by atoms with Gasteiger partial charge in [0.15, 0.2) is 0 Å². The lowest BCUT2D eigenvalue weighted by molar-refractivity contribution is -0.869. The normalized spacial score (nSPS) is 41.2. The quantitative estimate of drug-likeness (QED) is 0.725. The summed E-state index contributed by atoms with van der Waals surface area (Å²) in [7, 11) is 4.56. The van der Waals surface area contributed by atoms with E-state index in [4.69, 9.17) is 0 Å². The van der Waals surface area contributed by atoms with Crippen molar-refractivity contribution in [2.75, 3.05) is 27.2 Å². The fourth-order valence-electron chi connectivity index (χ4n) is 5.84. The van der Waals surface area contributed by atoms with Crippen LogP contribution in [0.4, 0.5) is 0 Å². The molecule has 0 aromatic carbocycles. The number of hydrogen-bond donors (Lipinski definition) is 2. The van der Waals surface area contributed by atoms with Crippen molar-refractivity contribution in [2.45, 2.75) is 52.0 Å². The van der Waals surface area contributed by atoms with E-state index in [2.05, 4.69) is 33.3 Å². The predicted molar refractivity (Wildman–Crippen MR) is 79.1 cm³/mol. The van der Waals surface area contributed by atoms with Gasteiger partial charge in [-0.2, -0.15) is 0 Å². The molecule has 4 rings (SSSR count). The second kappa shape index (κ2) is 5.04. The third-order valence-electron chi connectivity index (χ3n) is 6.07. The summed E-state index contributed by atoms with van der Waals surface area (Å²) in [4.78, 5) is 1.59. The van der Waals surface area contributed by atoms with E-state index >= 15 is 0 Å². The molecular formula is C17H34N2+2. The number of rotatable bonds is 5. The molecule has 2 heteroatoms. The van der Waals surface area contributed by atoms with Gasteiger partial charge in [-0.3, -0.25) is 0 Å². The van der Waals surface area contributed by atoms with Gasteiger partial charge in [0, 0.05) is 11.8 Å². The average molecular weight is 266 g/mol. The lowest BCUT2D eigenvalue weighted by Crippen LogP contribution is -3.08. The molecule has 0 saturated heterocycles. The van der Waals surface area contributed by atoms with Gasteiger partial charge in [-0.1, -0.05) is 0 Å². The molecule has 4 bridgehead atoms. The molecule has 0 unspecified atom stereocenters. The molecule has 0 amide bonds. The summed E-state index contributed by atoms with van der Waals surface area (Å²) in [6.45, 7) is 7.52. The molecule has 0 aliphatic heterocycles. The van der Waals surface area contributed by atoms with Crippen molar-refractivity contribution in [3.05, 3.63) is 0 Å². The molecule has 0 spiro atoms. The highest BCUT2D eigenvalue weighted by molar-refractivity contribution is 4.98. The highest BCUT2D eigenvalue weighted by Gasteiger charge is 2.50. The number of nitrogens with two attached hydrogens (primary N) is 1. The highest BCUT2D eigenvalue weighted by atomic mass is 15.1. The Morgan fingerprint density at radius 2 is 1.47 bits per heavy atom. The van der Waals surface area contributed by atoms with Crippen molar-refractivity contribution in [1.82, 2.24) is 0 Å². The first-order chi connectivity index (χ1) is 8.93. The highest BCUT2D eigenvalue weighted by Crippen LogP contribution is 2.52. The van der Waals surface area contributed by atoms with Gasteiger partial charge in [-0.15, -0.1) is 0 Å². The SMILES string of the molecule is C[NH+](C)CC(C)(C)C[NH2+]C1C2CC3CC(C2)CC1C3. The molecule has 3 N–H and O–H groups in total. The Hall–Kier alpha value is -0.0800. The Labute approximate surface area is 119 Å². The summed E-state index contributed by atoms with van der Waals surface area (Å²) in [6.07, 6.45) is 7.83.